The van der Waals surface area contributed by atoms with Crippen LogP contribution in [0.2, 0.25) is 0 Å². The van der Waals surface area contributed by atoms with E-state index in [1.165, 1.54) is 5.56 Å². The molecule has 1 saturated heterocycles. The Kier molecular flexibility index (Phi) is 9.56. The summed E-state index contributed by atoms with van der Waals surface area (Å²) in [4.78, 5) is 2.48. The second-order valence-corrected chi connectivity index (χ2v) is 6.62. The normalized spacial score (nSPS) is 17.2. The predicted molar refractivity (Wildman–Crippen MR) is 101 cm³/mol. The molecule has 0 bridgehead atoms. The second-order valence-electron chi connectivity index (χ2n) is 4.30. The number of phenolic OH excluding ortho intramolecular Hbond substituents is 1. The number of piperazine rings is 1. The minimum Gasteiger partial charge on any atom is -0.506 e. The molecule has 0 saturated carbocycles. The van der Waals surface area contributed by atoms with Crippen molar-refractivity contribution in [3.63, 3.8) is 0 Å². The van der Waals surface area contributed by atoms with Gasteiger partial charge in [0.05, 0.1) is 7.14 Å². The molecule has 0 spiro atoms. The van der Waals surface area contributed by atoms with Crippen molar-refractivity contribution < 1.29 is 5.11 Å². The van der Waals surface area contributed by atoms with Crippen molar-refractivity contribution in [3.8, 4) is 5.75 Å². The monoisotopic (exact) mass is 530 g/mol. The molecule has 0 aromatic heterocycles. The Bertz CT molecular complexity index is 392. The molecular weight excluding hydrogens is 513 g/mol. The topological polar surface area (TPSA) is 35.5 Å². The van der Waals surface area contributed by atoms with Crippen molar-refractivity contribution in [2.45, 2.75) is 13.0 Å². The third-order valence-corrected chi connectivity index (χ3v) is 4.87. The van der Waals surface area contributed by atoms with E-state index in [9.17, 15) is 5.11 Å². The van der Waals surface area contributed by atoms with Crippen LogP contribution in [0.4, 0.5) is 0 Å². The summed E-state index contributed by atoms with van der Waals surface area (Å²) < 4.78 is 1.87. The molecule has 1 fully saturated rings. The number of hydrogen-bond donors (Lipinski definition) is 2. The van der Waals surface area contributed by atoms with Gasteiger partial charge in [0.25, 0.3) is 0 Å². The van der Waals surface area contributed by atoms with Crippen LogP contribution in [0.25, 0.3) is 0 Å². The van der Waals surface area contributed by atoms with Gasteiger partial charge in [-0.15, -0.1) is 24.8 Å². The molecule has 1 heterocycles. The molecule has 2 N–H and O–H groups in total. The van der Waals surface area contributed by atoms with Crippen LogP contribution in [-0.2, 0) is 0 Å². The summed E-state index contributed by atoms with van der Waals surface area (Å²) in [5.41, 5.74) is 1.29. The third kappa shape index (κ3) is 5.03. The largest absolute Gasteiger partial charge is 0.506 e. The maximum Gasteiger partial charge on any atom is 0.142 e. The number of phenols is 1. The van der Waals surface area contributed by atoms with Crippen molar-refractivity contribution in [3.05, 3.63) is 24.8 Å². The van der Waals surface area contributed by atoms with Gasteiger partial charge in [-0.2, -0.15) is 0 Å². The highest BCUT2D eigenvalue weighted by Gasteiger charge is 2.19. The van der Waals surface area contributed by atoms with Crippen LogP contribution in [0.3, 0.4) is 0 Å². The zero-order valence-corrected chi connectivity index (χ0v) is 16.5. The van der Waals surface area contributed by atoms with Gasteiger partial charge in [0, 0.05) is 32.2 Å². The Morgan fingerprint density at radius 2 is 1.63 bits per heavy atom. The van der Waals surface area contributed by atoms with Crippen molar-refractivity contribution in [2.24, 2.45) is 0 Å². The Morgan fingerprint density at radius 1 is 1.16 bits per heavy atom. The number of benzene rings is 1. The maximum atomic E-state index is 9.78. The van der Waals surface area contributed by atoms with Crippen molar-refractivity contribution >= 4 is 70.0 Å². The number of hydrogen-bond acceptors (Lipinski definition) is 3. The fraction of sp³-hybridized carbons (Fsp3) is 0.500. The standard InChI is InChI=1S/C12H16I2N2O.2ClH/c1-8(16-4-2-15-3-5-16)9-6-10(13)12(17)11(14)7-9;;/h6-8,15,17H,2-5H2,1H3;2*1H/t8-;;/m0../s1. The van der Waals surface area contributed by atoms with E-state index < -0.39 is 0 Å². The molecular formula is C12H18Cl2I2N2O. The van der Waals surface area contributed by atoms with Crippen LogP contribution in [0, 0.1) is 7.14 Å². The minimum atomic E-state index is 0. The van der Waals surface area contributed by atoms with Gasteiger partial charge in [0.15, 0.2) is 0 Å². The van der Waals surface area contributed by atoms with E-state index in [4.69, 9.17) is 0 Å². The van der Waals surface area contributed by atoms with E-state index >= 15 is 0 Å². The Labute approximate surface area is 154 Å². The van der Waals surface area contributed by atoms with Gasteiger partial charge in [-0.3, -0.25) is 4.90 Å². The van der Waals surface area contributed by atoms with Gasteiger partial charge in [-0.25, -0.2) is 0 Å². The molecule has 2 rings (SSSR count). The van der Waals surface area contributed by atoms with Gasteiger partial charge in [-0.1, -0.05) is 0 Å². The molecule has 3 nitrogen and oxygen atoms in total. The molecule has 110 valence electrons. The van der Waals surface area contributed by atoms with Crippen LogP contribution in [0.5, 0.6) is 5.75 Å². The highest BCUT2D eigenvalue weighted by atomic mass is 127. The molecule has 1 aliphatic heterocycles. The average Bonchev–Trinajstić information content (AvgIpc) is 2.35. The van der Waals surface area contributed by atoms with Gasteiger partial charge in [0.1, 0.15) is 5.75 Å². The molecule has 0 amide bonds. The van der Waals surface area contributed by atoms with E-state index in [0.29, 0.717) is 11.8 Å². The zero-order chi connectivity index (χ0) is 12.4. The highest BCUT2D eigenvalue weighted by molar-refractivity contribution is 14.1. The highest BCUT2D eigenvalue weighted by Crippen LogP contribution is 2.31. The van der Waals surface area contributed by atoms with Gasteiger partial charge in [0.2, 0.25) is 0 Å². The van der Waals surface area contributed by atoms with E-state index in [-0.39, 0.29) is 24.8 Å². The predicted octanol–water partition coefficient (Wildman–Crippen LogP) is 3.41. The third-order valence-electron chi connectivity index (χ3n) is 3.22. The van der Waals surface area contributed by atoms with Crippen LogP contribution in [0.15, 0.2) is 12.1 Å². The number of nitrogens with zero attached hydrogens (tertiary/aromatic N) is 1. The van der Waals surface area contributed by atoms with Crippen LogP contribution < -0.4 is 5.32 Å². The van der Waals surface area contributed by atoms with E-state index in [1.54, 1.807) is 0 Å². The van der Waals surface area contributed by atoms with Gasteiger partial charge >= 0.3 is 0 Å². The average molecular weight is 531 g/mol. The fourth-order valence-corrected chi connectivity index (χ4v) is 3.92. The maximum absolute atomic E-state index is 9.78. The first-order valence-corrected chi connectivity index (χ1v) is 7.88. The van der Waals surface area contributed by atoms with Crippen molar-refractivity contribution in [2.75, 3.05) is 26.2 Å². The summed E-state index contributed by atoms with van der Waals surface area (Å²) in [5.74, 6) is 0.405. The van der Waals surface area contributed by atoms with Gasteiger partial charge in [-0.05, 0) is 69.8 Å². The number of aromatic hydroxyl groups is 1. The molecule has 0 unspecified atom stereocenters. The molecule has 7 heteroatoms. The van der Waals surface area contributed by atoms with Crippen molar-refractivity contribution in [1.29, 1.82) is 0 Å². The smallest absolute Gasteiger partial charge is 0.142 e. The Morgan fingerprint density at radius 3 is 2.11 bits per heavy atom. The second kappa shape index (κ2) is 9.09. The first-order chi connectivity index (χ1) is 8.09. The lowest BCUT2D eigenvalue weighted by atomic mass is 10.1. The zero-order valence-electron chi connectivity index (χ0n) is 10.5. The summed E-state index contributed by atoms with van der Waals surface area (Å²) in [6.45, 7) is 6.56. The molecule has 1 atom stereocenters. The summed E-state index contributed by atoms with van der Waals surface area (Å²) in [6.07, 6.45) is 0. The summed E-state index contributed by atoms with van der Waals surface area (Å²) >= 11 is 4.39. The lowest BCUT2D eigenvalue weighted by Crippen LogP contribution is -2.44. The van der Waals surface area contributed by atoms with Gasteiger partial charge < -0.3 is 10.4 Å². The minimum absolute atomic E-state index is 0. The molecule has 1 aliphatic rings. The van der Waals surface area contributed by atoms with Crippen molar-refractivity contribution in [1.82, 2.24) is 10.2 Å². The molecule has 0 aliphatic carbocycles. The van der Waals surface area contributed by atoms with E-state index in [0.717, 1.165) is 33.3 Å². The van der Waals surface area contributed by atoms with Crippen LogP contribution >= 0.6 is 70.0 Å². The lowest BCUT2D eigenvalue weighted by Gasteiger charge is -2.33. The number of rotatable bonds is 2. The molecule has 1 aromatic carbocycles. The number of nitrogens with one attached hydrogen (secondary N) is 1. The number of halogens is 4. The van der Waals surface area contributed by atoms with E-state index in [1.807, 2.05) is 0 Å². The van der Waals surface area contributed by atoms with Crippen LogP contribution in [-0.4, -0.2) is 36.2 Å². The molecule has 1 aromatic rings. The molecule has 0 radical (unpaired) electrons. The first kappa shape index (κ1) is 20.0. The summed E-state index contributed by atoms with van der Waals surface area (Å²) in [6, 6.07) is 4.59. The lowest BCUT2D eigenvalue weighted by molar-refractivity contribution is 0.185. The fourth-order valence-electron chi connectivity index (χ4n) is 2.11. The van der Waals surface area contributed by atoms with Crippen LogP contribution in [0.1, 0.15) is 18.5 Å². The summed E-state index contributed by atoms with van der Waals surface area (Å²) in [5, 5.41) is 13.2. The SMILES string of the molecule is C[C@@H](c1cc(I)c(O)c(I)c1)N1CCNCC1.Cl.Cl. The Balaban J connectivity index is 0.00000162. The molecule has 19 heavy (non-hydrogen) atoms. The first-order valence-electron chi connectivity index (χ1n) is 5.72. The summed E-state index contributed by atoms with van der Waals surface area (Å²) in [7, 11) is 0. The van der Waals surface area contributed by atoms with E-state index in [2.05, 4.69) is 74.5 Å². The Hall–Kier alpha value is 0.980. The quantitative estimate of drug-likeness (QED) is 0.575.